The predicted octanol–water partition coefficient (Wildman–Crippen LogP) is 3.11. The Hall–Kier alpha value is -2.28. The van der Waals surface area contributed by atoms with E-state index in [9.17, 15) is 9.59 Å². The Morgan fingerprint density at radius 1 is 1.26 bits per heavy atom. The van der Waals surface area contributed by atoms with E-state index < -0.39 is 0 Å². The SMILES string of the molecule is CCOC(=O)C1CCN(C(=O)c2nn(C)c3c2CSc2ccccc2-3)CC1. The van der Waals surface area contributed by atoms with Crippen molar-refractivity contribution in [2.24, 2.45) is 13.0 Å². The highest BCUT2D eigenvalue weighted by atomic mass is 32.2. The first-order valence-corrected chi connectivity index (χ1v) is 10.3. The molecule has 7 heteroatoms. The number of likely N-dealkylation sites (tertiary alicyclic amines) is 1. The number of hydrogen-bond donors (Lipinski definition) is 0. The number of ether oxygens (including phenoxy) is 1. The van der Waals surface area contributed by atoms with Crippen molar-refractivity contribution in [3.05, 3.63) is 35.5 Å². The molecule has 0 bridgehead atoms. The average molecular weight is 385 g/mol. The van der Waals surface area contributed by atoms with Gasteiger partial charge in [0.1, 0.15) is 0 Å². The molecule has 2 aromatic rings. The molecule has 2 aliphatic rings. The summed E-state index contributed by atoms with van der Waals surface area (Å²) in [6.45, 7) is 3.35. The molecule has 0 aliphatic carbocycles. The number of nitrogens with zero attached hydrogens (tertiary/aromatic N) is 3. The molecule has 0 N–H and O–H groups in total. The van der Waals surface area contributed by atoms with E-state index in [1.807, 2.05) is 35.7 Å². The van der Waals surface area contributed by atoms with Gasteiger partial charge in [-0.1, -0.05) is 18.2 Å². The quantitative estimate of drug-likeness (QED) is 0.760. The summed E-state index contributed by atoms with van der Waals surface area (Å²) >= 11 is 1.75. The van der Waals surface area contributed by atoms with E-state index in [-0.39, 0.29) is 17.8 Å². The topological polar surface area (TPSA) is 64.4 Å². The molecule has 0 spiro atoms. The summed E-state index contributed by atoms with van der Waals surface area (Å²) in [5.74, 6) is 0.469. The Bertz CT molecular complexity index is 885. The van der Waals surface area contributed by atoms with Gasteiger partial charge < -0.3 is 9.64 Å². The Labute approximate surface area is 162 Å². The molecule has 2 aliphatic heterocycles. The van der Waals surface area contributed by atoms with Gasteiger partial charge in [-0.2, -0.15) is 5.10 Å². The average Bonchev–Trinajstić information content (AvgIpc) is 3.05. The predicted molar refractivity (Wildman–Crippen MR) is 103 cm³/mol. The van der Waals surface area contributed by atoms with Crippen LogP contribution in [0.3, 0.4) is 0 Å². The number of amides is 1. The first-order valence-electron chi connectivity index (χ1n) is 9.34. The lowest BCUT2D eigenvalue weighted by Gasteiger charge is -2.30. The van der Waals surface area contributed by atoms with Gasteiger partial charge in [0.15, 0.2) is 5.69 Å². The van der Waals surface area contributed by atoms with E-state index in [0.29, 0.717) is 38.2 Å². The maximum Gasteiger partial charge on any atom is 0.309 e. The first-order chi connectivity index (χ1) is 13.1. The van der Waals surface area contributed by atoms with E-state index in [0.717, 1.165) is 22.6 Å². The smallest absolute Gasteiger partial charge is 0.309 e. The van der Waals surface area contributed by atoms with E-state index >= 15 is 0 Å². The molecule has 1 amide bonds. The van der Waals surface area contributed by atoms with Gasteiger partial charge in [0, 0.05) is 41.9 Å². The zero-order valence-electron chi connectivity index (χ0n) is 15.6. The van der Waals surface area contributed by atoms with Crippen molar-refractivity contribution in [3.8, 4) is 11.3 Å². The van der Waals surface area contributed by atoms with Gasteiger partial charge in [0.2, 0.25) is 0 Å². The van der Waals surface area contributed by atoms with Gasteiger partial charge in [-0.05, 0) is 25.8 Å². The number of hydrogen-bond acceptors (Lipinski definition) is 5. The third-order valence-corrected chi connectivity index (χ3v) is 6.36. The molecule has 27 heavy (non-hydrogen) atoms. The summed E-state index contributed by atoms with van der Waals surface area (Å²) < 4.78 is 6.94. The highest BCUT2D eigenvalue weighted by molar-refractivity contribution is 7.98. The fraction of sp³-hybridized carbons (Fsp3) is 0.450. The second kappa shape index (κ2) is 7.38. The molecular weight excluding hydrogens is 362 g/mol. The number of aryl methyl sites for hydroxylation is 1. The van der Waals surface area contributed by atoms with Gasteiger partial charge >= 0.3 is 5.97 Å². The van der Waals surface area contributed by atoms with Crippen LogP contribution < -0.4 is 0 Å². The number of fused-ring (bicyclic) bond motifs is 3. The molecule has 1 saturated heterocycles. The molecule has 0 saturated carbocycles. The van der Waals surface area contributed by atoms with Crippen LogP contribution in [0.1, 0.15) is 35.8 Å². The minimum absolute atomic E-state index is 0.0332. The van der Waals surface area contributed by atoms with Gasteiger partial charge in [0.25, 0.3) is 5.91 Å². The van der Waals surface area contributed by atoms with Gasteiger partial charge in [-0.25, -0.2) is 0 Å². The standard InChI is InChI=1S/C20H23N3O3S/c1-3-26-20(25)13-8-10-23(11-9-13)19(24)17-15-12-27-16-7-5-4-6-14(16)18(15)22(2)21-17/h4-7,13H,3,8-12H2,1-2H3. The highest BCUT2D eigenvalue weighted by Crippen LogP contribution is 2.42. The zero-order valence-corrected chi connectivity index (χ0v) is 16.4. The molecule has 142 valence electrons. The summed E-state index contributed by atoms with van der Waals surface area (Å²) in [6, 6.07) is 8.24. The van der Waals surface area contributed by atoms with E-state index in [2.05, 4.69) is 17.2 Å². The molecule has 3 heterocycles. The molecule has 4 rings (SSSR count). The molecule has 1 aromatic heterocycles. The third-order valence-electron chi connectivity index (χ3n) is 5.26. The minimum Gasteiger partial charge on any atom is -0.466 e. The molecule has 0 atom stereocenters. The lowest BCUT2D eigenvalue weighted by molar-refractivity contribution is -0.149. The van der Waals surface area contributed by atoms with Crippen molar-refractivity contribution < 1.29 is 14.3 Å². The van der Waals surface area contributed by atoms with Crippen LogP contribution in [0.4, 0.5) is 0 Å². The van der Waals surface area contributed by atoms with Gasteiger partial charge in [0.05, 0.1) is 18.2 Å². The second-order valence-corrected chi connectivity index (χ2v) is 7.92. The Morgan fingerprint density at radius 2 is 2.00 bits per heavy atom. The molecule has 1 fully saturated rings. The van der Waals surface area contributed by atoms with Crippen molar-refractivity contribution in [1.29, 1.82) is 0 Å². The normalized spacial score (nSPS) is 16.6. The number of esters is 1. The fourth-order valence-corrected chi connectivity index (χ4v) is 4.95. The largest absolute Gasteiger partial charge is 0.466 e. The summed E-state index contributed by atoms with van der Waals surface area (Å²) in [5.41, 5.74) is 3.73. The first kappa shape index (κ1) is 18.1. The highest BCUT2D eigenvalue weighted by Gasteiger charge is 2.33. The van der Waals surface area contributed by atoms with Crippen LogP contribution in [0.15, 0.2) is 29.2 Å². The number of carbonyl (C=O) groups excluding carboxylic acids is 2. The van der Waals surface area contributed by atoms with Crippen LogP contribution in [-0.4, -0.2) is 46.3 Å². The minimum atomic E-state index is -0.146. The maximum atomic E-state index is 13.1. The molecule has 1 aromatic carbocycles. The molecule has 0 unspecified atom stereocenters. The van der Waals surface area contributed by atoms with Crippen LogP contribution in [-0.2, 0) is 22.3 Å². The Balaban J connectivity index is 1.54. The zero-order chi connectivity index (χ0) is 19.0. The van der Waals surface area contributed by atoms with Crippen LogP contribution >= 0.6 is 11.8 Å². The molecule has 0 radical (unpaired) electrons. The Kier molecular flexibility index (Phi) is 4.95. The van der Waals surface area contributed by atoms with Crippen molar-refractivity contribution in [2.75, 3.05) is 19.7 Å². The van der Waals surface area contributed by atoms with Gasteiger partial charge in [-0.15, -0.1) is 11.8 Å². The summed E-state index contributed by atoms with van der Waals surface area (Å²) in [5, 5.41) is 4.57. The maximum absolute atomic E-state index is 13.1. The Morgan fingerprint density at radius 3 is 2.74 bits per heavy atom. The number of piperidine rings is 1. The van der Waals surface area contributed by atoms with Crippen molar-refractivity contribution in [1.82, 2.24) is 14.7 Å². The van der Waals surface area contributed by atoms with Crippen molar-refractivity contribution >= 4 is 23.6 Å². The van der Waals surface area contributed by atoms with Crippen LogP contribution in [0.5, 0.6) is 0 Å². The second-order valence-electron chi connectivity index (χ2n) is 6.90. The van der Waals surface area contributed by atoms with E-state index in [1.165, 1.54) is 4.90 Å². The van der Waals surface area contributed by atoms with Crippen LogP contribution in [0.25, 0.3) is 11.3 Å². The third kappa shape index (κ3) is 3.25. The molecule has 6 nitrogen and oxygen atoms in total. The summed E-state index contributed by atoms with van der Waals surface area (Å²) in [7, 11) is 1.90. The summed E-state index contributed by atoms with van der Waals surface area (Å²) in [4.78, 5) is 28.1. The van der Waals surface area contributed by atoms with Crippen LogP contribution in [0.2, 0.25) is 0 Å². The number of aromatic nitrogens is 2. The van der Waals surface area contributed by atoms with Crippen LogP contribution in [0, 0.1) is 5.92 Å². The van der Waals surface area contributed by atoms with Crippen molar-refractivity contribution in [3.63, 3.8) is 0 Å². The molecular formula is C20H23N3O3S. The van der Waals surface area contributed by atoms with E-state index in [4.69, 9.17) is 4.74 Å². The number of carbonyl (C=O) groups is 2. The number of thioether (sulfide) groups is 1. The monoisotopic (exact) mass is 385 g/mol. The van der Waals surface area contributed by atoms with Gasteiger partial charge in [-0.3, -0.25) is 14.3 Å². The summed E-state index contributed by atoms with van der Waals surface area (Å²) in [6.07, 6.45) is 1.30. The van der Waals surface area contributed by atoms with Crippen molar-refractivity contribution in [2.45, 2.75) is 30.4 Å². The fourth-order valence-electron chi connectivity index (χ4n) is 3.88. The number of rotatable bonds is 3. The van der Waals surface area contributed by atoms with E-state index in [1.54, 1.807) is 11.8 Å². The lowest BCUT2D eigenvalue weighted by Crippen LogP contribution is -2.41. The number of benzene rings is 1. The lowest BCUT2D eigenvalue weighted by atomic mass is 9.96.